The van der Waals surface area contributed by atoms with Crippen molar-refractivity contribution in [2.45, 2.75) is 13.3 Å². The third kappa shape index (κ3) is 2.96. The van der Waals surface area contributed by atoms with E-state index in [0.717, 1.165) is 29.3 Å². The lowest BCUT2D eigenvalue weighted by atomic mass is 10.1. The molecule has 19 heavy (non-hydrogen) atoms. The highest BCUT2D eigenvalue weighted by Gasteiger charge is 2.08. The van der Waals surface area contributed by atoms with E-state index in [-0.39, 0.29) is 0 Å². The van der Waals surface area contributed by atoms with E-state index in [1.54, 1.807) is 7.11 Å². The average molecular weight is 278 g/mol. The fraction of sp³-hybridized carbons (Fsp3) is 0.286. The second-order valence-corrected chi connectivity index (χ2v) is 4.41. The summed E-state index contributed by atoms with van der Waals surface area (Å²) >= 11 is 6.03. The Morgan fingerprint density at radius 1 is 1.26 bits per heavy atom. The molecule has 0 unspecified atom stereocenters. The van der Waals surface area contributed by atoms with Crippen LogP contribution in [0.25, 0.3) is 11.3 Å². The molecule has 0 bridgehead atoms. The number of aromatic nitrogens is 2. The zero-order valence-corrected chi connectivity index (χ0v) is 12.0. The molecule has 0 spiro atoms. The summed E-state index contributed by atoms with van der Waals surface area (Å²) in [4.78, 5) is 8.90. The number of anilines is 1. The van der Waals surface area contributed by atoms with Gasteiger partial charge in [-0.25, -0.2) is 9.97 Å². The van der Waals surface area contributed by atoms with Crippen molar-refractivity contribution in [3.63, 3.8) is 0 Å². The molecule has 0 fully saturated rings. The largest absolute Gasteiger partial charge is 0.495 e. The number of nitrogens with zero attached hydrogens (tertiary/aromatic N) is 2. The fourth-order valence-electron chi connectivity index (χ4n) is 1.75. The zero-order valence-electron chi connectivity index (χ0n) is 11.2. The van der Waals surface area contributed by atoms with E-state index in [0.29, 0.717) is 10.8 Å². The molecule has 0 radical (unpaired) electrons. The van der Waals surface area contributed by atoms with Gasteiger partial charge in [-0.05, 0) is 12.1 Å². The molecule has 1 heterocycles. The molecule has 2 rings (SSSR count). The molecule has 1 aromatic carbocycles. The van der Waals surface area contributed by atoms with Gasteiger partial charge in [0.15, 0.2) is 0 Å². The number of benzene rings is 1. The van der Waals surface area contributed by atoms with Gasteiger partial charge in [-0.15, -0.1) is 0 Å². The van der Waals surface area contributed by atoms with Gasteiger partial charge in [-0.1, -0.05) is 24.6 Å². The predicted octanol–water partition coefficient (Wildman–Crippen LogP) is 3.41. The van der Waals surface area contributed by atoms with Crippen LogP contribution in [0.2, 0.25) is 5.02 Å². The van der Waals surface area contributed by atoms with E-state index in [9.17, 15) is 0 Å². The van der Waals surface area contributed by atoms with Crippen LogP contribution in [0.4, 0.5) is 5.82 Å². The molecule has 0 aliphatic carbocycles. The highest BCUT2D eigenvalue weighted by Crippen LogP contribution is 2.30. The topological polar surface area (TPSA) is 47.0 Å². The summed E-state index contributed by atoms with van der Waals surface area (Å²) in [7, 11) is 3.44. The molecule has 2 aromatic rings. The average Bonchev–Trinajstić information content (AvgIpc) is 2.47. The van der Waals surface area contributed by atoms with Crippen LogP contribution in [-0.4, -0.2) is 24.1 Å². The molecular formula is C14H16ClN3O. The van der Waals surface area contributed by atoms with Crippen LogP contribution < -0.4 is 10.1 Å². The summed E-state index contributed by atoms with van der Waals surface area (Å²) in [5.41, 5.74) is 1.81. The normalized spacial score (nSPS) is 10.3. The van der Waals surface area contributed by atoms with Crippen molar-refractivity contribution in [1.82, 2.24) is 9.97 Å². The molecule has 0 saturated carbocycles. The maximum Gasteiger partial charge on any atom is 0.138 e. The maximum absolute atomic E-state index is 6.03. The van der Waals surface area contributed by atoms with Crippen LogP contribution in [0.5, 0.6) is 5.75 Å². The SMILES string of the molecule is CCc1nc(NC)cc(-c2ccc(Cl)c(OC)c2)n1. The van der Waals surface area contributed by atoms with Crippen molar-refractivity contribution < 1.29 is 4.74 Å². The van der Waals surface area contributed by atoms with Crippen LogP contribution >= 0.6 is 11.6 Å². The third-order valence-electron chi connectivity index (χ3n) is 2.79. The van der Waals surface area contributed by atoms with Crippen LogP contribution in [-0.2, 0) is 6.42 Å². The maximum atomic E-state index is 6.03. The summed E-state index contributed by atoms with van der Waals surface area (Å²) < 4.78 is 5.23. The highest BCUT2D eigenvalue weighted by molar-refractivity contribution is 6.32. The number of hydrogen-bond acceptors (Lipinski definition) is 4. The van der Waals surface area contributed by atoms with Crippen molar-refractivity contribution in [1.29, 1.82) is 0 Å². The predicted molar refractivity (Wildman–Crippen MR) is 78.0 cm³/mol. The third-order valence-corrected chi connectivity index (χ3v) is 3.10. The Hall–Kier alpha value is -1.81. The minimum atomic E-state index is 0.588. The van der Waals surface area contributed by atoms with Gasteiger partial charge in [-0.3, -0.25) is 0 Å². The van der Waals surface area contributed by atoms with Gasteiger partial charge in [0.1, 0.15) is 17.4 Å². The molecule has 0 amide bonds. The Bertz CT molecular complexity index is 565. The molecule has 1 N–H and O–H groups in total. The first-order valence-corrected chi connectivity index (χ1v) is 6.45. The molecule has 0 atom stereocenters. The van der Waals surface area contributed by atoms with Crippen LogP contribution in [0.1, 0.15) is 12.7 Å². The van der Waals surface area contributed by atoms with Gasteiger partial charge in [0.05, 0.1) is 17.8 Å². The molecule has 1 aromatic heterocycles. The monoisotopic (exact) mass is 277 g/mol. The lowest BCUT2D eigenvalue weighted by Gasteiger charge is -2.09. The zero-order chi connectivity index (χ0) is 13.8. The quantitative estimate of drug-likeness (QED) is 0.930. The van der Waals surface area contributed by atoms with Crippen LogP contribution in [0, 0.1) is 0 Å². The van der Waals surface area contributed by atoms with E-state index in [4.69, 9.17) is 16.3 Å². The van der Waals surface area contributed by atoms with Crippen molar-refractivity contribution >= 4 is 17.4 Å². The first kappa shape index (κ1) is 13.6. The number of methoxy groups -OCH3 is 1. The second-order valence-electron chi connectivity index (χ2n) is 4.01. The van der Waals surface area contributed by atoms with Crippen molar-refractivity contribution in [2.24, 2.45) is 0 Å². The summed E-state index contributed by atoms with van der Waals surface area (Å²) in [5, 5.41) is 3.63. The first-order valence-electron chi connectivity index (χ1n) is 6.07. The van der Waals surface area contributed by atoms with E-state index >= 15 is 0 Å². The Kier molecular flexibility index (Phi) is 4.22. The summed E-state index contributed by atoms with van der Waals surface area (Å²) in [6.07, 6.45) is 0.785. The van der Waals surface area contributed by atoms with Gasteiger partial charge < -0.3 is 10.1 Å². The minimum Gasteiger partial charge on any atom is -0.495 e. The minimum absolute atomic E-state index is 0.588. The Morgan fingerprint density at radius 3 is 2.68 bits per heavy atom. The summed E-state index contributed by atoms with van der Waals surface area (Å²) in [6, 6.07) is 7.51. The van der Waals surface area contributed by atoms with Crippen molar-refractivity contribution in [3.05, 3.63) is 35.1 Å². The smallest absolute Gasteiger partial charge is 0.138 e. The molecule has 0 aliphatic rings. The molecule has 5 heteroatoms. The van der Waals surface area contributed by atoms with Crippen molar-refractivity contribution in [3.8, 4) is 17.0 Å². The van der Waals surface area contributed by atoms with E-state index in [1.165, 1.54) is 0 Å². The summed E-state index contributed by atoms with van der Waals surface area (Å²) in [5.74, 6) is 2.24. The van der Waals surface area contributed by atoms with Gasteiger partial charge in [0, 0.05) is 25.1 Å². The van der Waals surface area contributed by atoms with Gasteiger partial charge >= 0.3 is 0 Å². The Morgan fingerprint density at radius 2 is 2.05 bits per heavy atom. The number of rotatable bonds is 4. The van der Waals surface area contributed by atoms with Gasteiger partial charge in [0.2, 0.25) is 0 Å². The molecule has 100 valence electrons. The molecule has 4 nitrogen and oxygen atoms in total. The van der Waals surface area contributed by atoms with Gasteiger partial charge in [0.25, 0.3) is 0 Å². The molecule has 0 saturated heterocycles. The standard InChI is InChI=1S/C14H16ClN3O/c1-4-13-17-11(8-14(16-2)18-13)9-5-6-10(15)12(7-9)19-3/h5-8H,4H2,1-3H3,(H,16,17,18). The lowest BCUT2D eigenvalue weighted by molar-refractivity contribution is 0.415. The van der Waals surface area contributed by atoms with Crippen LogP contribution in [0.15, 0.2) is 24.3 Å². The van der Waals surface area contributed by atoms with Gasteiger partial charge in [-0.2, -0.15) is 0 Å². The fourth-order valence-corrected chi connectivity index (χ4v) is 1.95. The van der Waals surface area contributed by atoms with E-state index < -0.39 is 0 Å². The molecule has 0 aliphatic heterocycles. The van der Waals surface area contributed by atoms with Crippen LogP contribution in [0.3, 0.4) is 0 Å². The van der Waals surface area contributed by atoms with E-state index in [2.05, 4.69) is 15.3 Å². The number of ether oxygens (including phenoxy) is 1. The first-order chi connectivity index (χ1) is 9.17. The number of nitrogens with one attached hydrogen (secondary N) is 1. The number of halogens is 1. The summed E-state index contributed by atoms with van der Waals surface area (Å²) in [6.45, 7) is 2.03. The van der Waals surface area contributed by atoms with Crippen molar-refractivity contribution in [2.75, 3.05) is 19.5 Å². The Balaban J connectivity index is 2.51. The second kappa shape index (κ2) is 5.89. The van der Waals surface area contributed by atoms with E-state index in [1.807, 2.05) is 38.2 Å². The molecular weight excluding hydrogens is 262 g/mol. The Labute approximate surface area is 117 Å². The highest BCUT2D eigenvalue weighted by atomic mass is 35.5. The number of aryl methyl sites for hydroxylation is 1. The lowest BCUT2D eigenvalue weighted by Crippen LogP contribution is -2.00. The number of hydrogen-bond donors (Lipinski definition) is 1.